The van der Waals surface area contributed by atoms with E-state index in [2.05, 4.69) is 32.4 Å². The number of aromatic nitrogens is 4. The number of fused-ring (bicyclic) bond motifs is 1. The predicted molar refractivity (Wildman–Crippen MR) is 129 cm³/mol. The third-order valence-corrected chi connectivity index (χ3v) is 7.35. The minimum absolute atomic E-state index is 0.228. The van der Waals surface area contributed by atoms with Gasteiger partial charge < -0.3 is 20.3 Å². The second-order valence-electron chi connectivity index (χ2n) is 9.14. The summed E-state index contributed by atoms with van der Waals surface area (Å²) in [5.41, 5.74) is 1.04. The van der Waals surface area contributed by atoms with E-state index >= 15 is 0 Å². The number of nitrogens with one attached hydrogen (secondary N) is 2. The molecule has 0 spiro atoms. The van der Waals surface area contributed by atoms with Crippen LogP contribution < -0.4 is 10.6 Å². The number of hydrogen-bond acceptors (Lipinski definition) is 8. The fourth-order valence-electron chi connectivity index (χ4n) is 4.32. The molecular formula is C23H27F2N7O3S. The number of hydrogen-bond donors (Lipinski definition) is 2. The SMILES string of the molecule is C[C@H](Nc1cc(C(=O)N2CCC(NC(=O)OCC(F)F)CC2)nc(-c2cnn3ccsc23)n1)C1CC1. The minimum Gasteiger partial charge on any atom is -0.443 e. The smallest absolute Gasteiger partial charge is 0.407 e. The molecule has 1 atom stereocenters. The summed E-state index contributed by atoms with van der Waals surface area (Å²) in [6, 6.07) is 1.67. The van der Waals surface area contributed by atoms with E-state index in [4.69, 9.17) is 4.98 Å². The monoisotopic (exact) mass is 519 g/mol. The Kier molecular flexibility index (Phi) is 6.99. The van der Waals surface area contributed by atoms with E-state index in [1.54, 1.807) is 21.7 Å². The van der Waals surface area contributed by atoms with E-state index in [0.29, 0.717) is 43.5 Å². The van der Waals surface area contributed by atoms with Gasteiger partial charge in [0.2, 0.25) is 0 Å². The van der Waals surface area contributed by atoms with Gasteiger partial charge in [0, 0.05) is 42.8 Å². The van der Waals surface area contributed by atoms with Gasteiger partial charge in [-0.3, -0.25) is 4.79 Å². The van der Waals surface area contributed by atoms with Gasteiger partial charge in [-0.15, -0.1) is 11.3 Å². The topological polar surface area (TPSA) is 114 Å². The summed E-state index contributed by atoms with van der Waals surface area (Å²) in [7, 11) is 0. The molecule has 3 aromatic heterocycles. The van der Waals surface area contributed by atoms with Crippen molar-refractivity contribution >= 4 is 34.0 Å². The number of alkyl halides is 2. The van der Waals surface area contributed by atoms with Gasteiger partial charge in [0.05, 0.1) is 11.8 Å². The summed E-state index contributed by atoms with van der Waals surface area (Å²) in [6.45, 7) is 1.96. The summed E-state index contributed by atoms with van der Waals surface area (Å²) < 4.78 is 30.7. The number of alkyl carbamates (subject to hydrolysis) is 1. The zero-order valence-corrected chi connectivity index (χ0v) is 20.5. The lowest BCUT2D eigenvalue weighted by Gasteiger charge is -2.32. The number of thiazole rings is 1. The van der Waals surface area contributed by atoms with Gasteiger partial charge in [0.1, 0.15) is 16.3 Å². The van der Waals surface area contributed by atoms with Crippen molar-refractivity contribution in [2.75, 3.05) is 25.0 Å². The summed E-state index contributed by atoms with van der Waals surface area (Å²) in [4.78, 5) is 37.0. The van der Waals surface area contributed by atoms with Crippen LogP contribution in [0.25, 0.3) is 16.2 Å². The van der Waals surface area contributed by atoms with Crippen LogP contribution in [0.1, 0.15) is 43.1 Å². The number of carbonyl (C=O) groups excluding carboxylic acids is 2. The minimum atomic E-state index is -2.71. The highest BCUT2D eigenvalue weighted by atomic mass is 32.1. The van der Waals surface area contributed by atoms with Crippen molar-refractivity contribution in [1.82, 2.24) is 29.8 Å². The normalized spacial score (nSPS) is 17.4. The number of ether oxygens (including phenoxy) is 1. The number of halogens is 2. The maximum Gasteiger partial charge on any atom is 0.407 e. The molecule has 2 fully saturated rings. The summed E-state index contributed by atoms with van der Waals surface area (Å²) in [6.07, 6.45) is 3.29. The number of rotatable bonds is 8. The first-order valence-electron chi connectivity index (χ1n) is 11.9. The first-order chi connectivity index (χ1) is 17.4. The van der Waals surface area contributed by atoms with Crippen molar-refractivity contribution < 1.29 is 23.1 Å². The van der Waals surface area contributed by atoms with Crippen molar-refractivity contribution in [3.05, 3.63) is 29.5 Å². The largest absolute Gasteiger partial charge is 0.443 e. The standard InChI is InChI=1S/C23H27F2N7O3S/c1-13(14-2-3-14)27-19-10-17(29-20(30-19)16-11-26-32-8-9-36-22(16)32)21(33)31-6-4-15(5-7-31)28-23(34)35-12-18(24)25/h8-11,13-15,18H,2-7,12H2,1H3,(H,28,34)(H,27,29,30)/t13-/m0/s1. The third-order valence-electron chi connectivity index (χ3n) is 6.47. The van der Waals surface area contributed by atoms with Crippen molar-refractivity contribution in [3.63, 3.8) is 0 Å². The maximum absolute atomic E-state index is 13.4. The Morgan fingerprint density at radius 1 is 1.22 bits per heavy atom. The van der Waals surface area contributed by atoms with Crippen molar-refractivity contribution in [2.45, 2.75) is 51.1 Å². The lowest BCUT2D eigenvalue weighted by Crippen LogP contribution is -2.47. The Morgan fingerprint density at radius 3 is 2.72 bits per heavy atom. The van der Waals surface area contributed by atoms with Crippen molar-refractivity contribution in [3.8, 4) is 11.4 Å². The van der Waals surface area contributed by atoms with E-state index in [1.165, 1.54) is 24.2 Å². The molecule has 36 heavy (non-hydrogen) atoms. The Bertz CT molecular complexity index is 1240. The highest BCUT2D eigenvalue weighted by molar-refractivity contribution is 7.16. The predicted octanol–water partition coefficient (Wildman–Crippen LogP) is 3.66. The Labute approximate surface area is 210 Å². The second kappa shape index (κ2) is 10.3. The molecule has 1 aliphatic carbocycles. The molecule has 192 valence electrons. The molecule has 3 aromatic rings. The number of carbonyl (C=O) groups is 2. The average Bonchev–Trinajstić information content (AvgIpc) is 3.49. The van der Waals surface area contributed by atoms with Crippen LogP contribution in [0.5, 0.6) is 0 Å². The van der Waals surface area contributed by atoms with E-state index in [1.807, 2.05) is 11.6 Å². The van der Waals surface area contributed by atoms with Crippen LogP contribution in [0.2, 0.25) is 0 Å². The molecule has 13 heteroatoms. The molecule has 1 saturated heterocycles. The van der Waals surface area contributed by atoms with Gasteiger partial charge in [0.25, 0.3) is 12.3 Å². The number of likely N-dealkylation sites (tertiary alicyclic amines) is 1. The van der Waals surface area contributed by atoms with Gasteiger partial charge in [-0.05, 0) is 38.5 Å². The molecule has 0 radical (unpaired) electrons. The molecule has 0 aromatic carbocycles. The van der Waals surface area contributed by atoms with Gasteiger partial charge in [-0.1, -0.05) is 0 Å². The quantitative estimate of drug-likeness (QED) is 0.467. The van der Waals surface area contributed by atoms with Gasteiger partial charge in [0.15, 0.2) is 12.4 Å². The average molecular weight is 520 g/mol. The summed E-state index contributed by atoms with van der Waals surface area (Å²) in [5.74, 6) is 1.40. The van der Waals surface area contributed by atoms with E-state index in [-0.39, 0.29) is 23.7 Å². The highest BCUT2D eigenvalue weighted by Gasteiger charge is 2.30. The maximum atomic E-state index is 13.4. The van der Waals surface area contributed by atoms with E-state index < -0.39 is 19.1 Å². The van der Waals surface area contributed by atoms with Crippen LogP contribution in [0, 0.1) is 5.92 Å². The Hall–Kier alpha value is -3.35. The molecule has 2 aliphatic rings. The number of amides is 2. The summed E-state index contributed by atoms with van der Waals surface area (Å²) >= 11 is 1.52. The van der Waals surface area contributed by atoms with Crippen LogP contribution >= 0.6 is 11.3 Å². The number of piperidine rings is 1. The molecule has 0 unspecified atom stereocenters. The first-order valence-corrected chi connectivity index (χ1v) is 12.8. The molecule has 4 heterocycles. The van der Waals surface area contributed by atoms with Crippen LogP contribution in [0.15, 0.2) is 23.8 Å². The fraction of sp³-hybridized carbons (Fsp3) is 0.522. The lowest BCUT2D eigenvalue weighted by molar-refractivity contribution is 0.0456. The first kappa shape index (κ1) is 24.3. The van der Waals surface area contributed by atoms with Crippen LogP contribution in [0.4, 0.5) is 19.4 Å². The van der Waals surface area contributed by atoms with Gasteiger partial charge >= 0.3 is 6.09 Å². The van der Waals surface area contributed by atoms with Crippen LogP contribution in [-0.2, 0) is 4.74 Å². The van der Waals surface area contributed by atoms with Crippen LogP contribution in [-0.4, -0.2) is 74.7 Å². The van der Waals surface area contributed by atoms with E-state index in [9.17, 15) is 18.4 Å². The second-order valence-corrected chi connectivity index (χ2v) is 10.0. The third kappa shape index (κ3) is 5.55. The van der Waals surface area contributed by atoms with Gasteiger partial charge in [-0.2, -0.15) is 5.10 Å². The lowest BCUT2D eigenvalue weighted by atomic mass is 10.0. The summed E-state index contributed by atoms with van der Waals surface area (Å²) in [5, 5.41) is 12.3. The van der Waals surface area contributed by atoms with Gasteiger partial charge in [-0.25, -0.2) is 28.1 Å². The molecule has 1 aliphatic heterocycles. The molecular weight excluding hydrogens is 492 g/mol. The Balaban J connectivity index is 1.30. The molecule has 2 N–H and O–H groups in total. The molecule has 10 nitrogen and oxygen atoms in total. The van der Waals surface area contributed by atoms with Crippen molar-refractivity contribution in [1.29, 1.82) is 0 Å². The van der Waals surface area contributed by atoms with Crippen LogP contribution in [0.3, 0.4) is 0 Å². The molecule has 1 saturated carbocycles. The van der Waals surface area contributed by atoms with E-state index in [0.717, 1.165) is 10.4 Å². The molecule has 0 bridgehead atoms. The fourth-order valence-corrected chi connectivity index (χ4v) is 5.11. The number of anilines is 1. The number of nitrogens with zero attached hydrogens (tertiary/aromatic N) is 5. The zero-order chi connectivity index (χ0) is 25.2. The van der Waals surface area contributed by atoms with Crippen molar-refractivity contribution in [2.24, 2.45) is 5.92 Å². The Morgan fingerprint density at radius 2 is 2.00 bits per heavy atom. The molecule has 5 rings (SSSR count). The highest BCUT2D eigenvalue weighted by Crippen LogP contribution is 2.34. The zero-order valence-electron chi connectivity index (χ0n) is 19.7. The molecule has 2 amide bonds.